The molecule has 0 unspecified atom stereocenters. The highest BCUT2D eigenvalue weighted by Crippen LogP contribution is 2.26. The lowest BCUT2D eigenvalue weighted by Crippen LogP contribution is -2.39. The number of carbonyl (C=O) groups excluding carboxylic acids is 3. The molecule has 8 heteroatoms. The summed E-state index contributed by atoms with van der Waals surface area (Å²) >= 11 is 0. The zero-order valence-electron chi connectivity index (χ0n) is 17.0. The maximum atomic E-state index is 12.5. The number of aryl methyl sites for hydroxylation is 1. The number of nitrogens with one attached hydrogen (secondary N) is 1. The Kier molecular flexibility index (Phi) is 6.90. The summed E-state index contributed by atoms with van der Waals surface area (Å²) in [6, 6.07) is 12.4. The number of anilines is 1. The van der Waals surface area contributed by atoms with Crippen LogP contribution in [0.3, 0.4) is 0 Å². The van der Waals surface area contributed by atoms with Gasteiger partial charge in [-0.2, -0.15) is 0 Å². The summed E-state index contributed by atoms with van der Waals surface area (Å²) in [5.41, 5.74) is 2.23. The van der Waals surface area contributed by atoms with Gasteiger partial charge in [0.2, 0.25) is 0 Å². The Morgan fingerprint density at radius 1 is 1.03 bits per heavy atom. The predicted molar refractivity (Wildman–Crippen MR) is 110 cm³/mol. The zero-order chi connectivity index (χ0) is 21.5. The number of hydrogen-bond donors (Lipinski definition) is 1. The van der Waals surface area contributed by atoms with Gasteiger partial charge in [-0.3, -0.25) is 14.4 Å². The van der Waals surface area contributed by atoms with E-state index in [1.807, 2.05) is 24.3 Å². The molecule has 3 rings (SSSR count). The number of benzene rings is 2. The van der Waals surface area contributed by atoms with E-state index >= 15 is 0 Å². The van der Waals surface area contributed by atoms with Crippen LogP contribution in [0.1, 0.15) is 22.3 Å². The Bertz CT molecular complexity index is 921. The molecule has 0 saturated carbocycles. The van der Waals surface area contributed by atoms with Crippen molar-refractivity contribution < 1.29 is 28.6 Å². The number of methoxy groups -OCH3 is 2. The first kappa shape index (κ1) is 21.2. The molecule has 0 spiro atoms. The Hall–Kier alpha value is -3.55. The van der Waals surface area contributed by atoms with Crippen LogP contribution in [-0.4, -0.2) is 51.7 Å². The number of esters is 1. The first-order chi connectivity index (χ1) is 14.5. The smallest absolute Gasteiger partial charge is 0.325 e. The van der Waals surface area contributed by atoms with E-state index in [9.17, 15) is 14.4 Å². The van der Waals surface area contributed by atoms with Crippen molar-refractivity contribution in [1.29, 1.82) is 0 Å². The van der Waals surface area contributed by atoms with Gasteiger partial charge in [0.15, 0.2) is 6.61 Å². The molecule has 1 aliphatic heterocycles. The number of nitrogens with zero attached hydrogens (tertiary/aromatic N) is 1. The molecule has 1 N–H and O–H groups in total. The predicted octanol–water partition coefficient (Wildman–Crippen LogP) is 1.96. The van der Waals surface area contributed by atoms with Gasteiger partial charge >= 0.3 is 5.97 Å². The van der Waals surface area contributed by atoms with Crippen LogP contribution in [0.15, 0.2) is 42.5 Å². The van der Waals surface area contributed by atoms with Crippen molar-refractivity contribution in [3.63, 3.8) is 0 Å². The van der Waals surface area contributed by atoms with Crippen molar-refractivity contribution >= 4 is 23.5 Å². The number of fused-ring (bicyclic) bond motifs is 1. The van der Waals surface area contributed by atoms with E-state index in [1.54, 1.807) is 11.0 Å². The topological polar surface area (TPSA) is 94.2 Å². The Morgan fingerprint density at radius 2 is 1.73 bits per heavy atom. The van der Waals surface area contributed by atoms with Crippen molar-refractivity contribution in [2.45, 2.75) is 12.8 Å². The molecule has 1 aliphatic rings. The fourth-order valence-corrected chi connectivity index (χ4v) is 3.26. The van der Waals surface area contributed by atoms with Crippen molar-refractivity contribution in [2.75, 3.05) is 38.8 Å². The second-order valence-electron chi connectivity index (χ2n) is 6.72. The molecular formula is C22H24N2O6. The summed E-state index contributed by atoms with van der Waals surface area (Å²) < 4.78 is 15.3. The molecule has 2 aromatic rings. The van der Waals surface area contributed by atoms with Gasteiger partial charge in [-0.1, -0.05) is 18.2 Å². The summed E-state index contributed by atoms with van der Waals surface area (Å²) in [6.45, 7) is -0.153. The minimum atomic E-state index is -0.697. The standard InChI is InChI=1S/C22H24N2O6/c1-28-17-10-16(11-18(12-17)29-2)22(27)23-13-21(26)30-14-20(25)24-9-5-7-15-6-3-4-8-19(15)24/h3-4,6,8,10-12H,5,7,9,13-14H2,1-2H3,(H,23,27). The van der Waals surface area contributed by atoms with Gasteiger partial charge < -0.3 is 24.4 Å². The molecule has 1 heterocycles. The van der Waals surface area contributed by atoms with Gasteiger partial charge in [0.05, 0.1) is 14.2 Å². The summed E-state index contributed by atoms with van der Waals surface area (Å²) in [7, 11) is 2.96. The normalized spacial score (nSPS) is 12.5. The van der Waals surface area contributed by atoms with Crippen LogP contribution in [0.2, 0.25) is 0 Å². The second kappa shape index (κ2) is 9.78. The van der Waals surface area contributed by atoms with Crippen LogP contribution in [0.5, 0.6) is 11.5 Å². The highest BCUT2D eigenvalue weighted by atomic mass is 16.5. The van der Waals surface area contributed by atoms with Gasteiger partial charge in [-0.05, 0) is 36.6 Å². The SMILES string of the molecule is COc1cc(OC)cc(C(=O)NCC(=O)OCC(=O)N2CCCc3ccccc32)c1. The highest BCUT2D eigenvalue weighted by molar-refractivity contribution is 5.98. The van der Waals surface area contributed by atoms with E-state index in [0.717, 1.165) is 24.1 Å². The number of carbonyl (C=O) groups is 3. The third kappa shape index (κ3) is 5.08. The Morgan fingerprint density at radius 3 is 2.43 bits per heavy atom. The number of ether oxygens (including phenoxy) is 3. The monoisotopic (exact) mass is 412 g/mol. The largest absolute Gasteiger partial charge is 0.497 e. The molecule has 0 aromatic heterocycles. The zero-order valence-corrected chi connectivity index (χ0v) is 17.0. The number of para-hydroxylation sites is 1. The van der Waals surface area contributed by atoms with Crippen LogP contribution >= 0.6 is 0 Å². The quantitative estimate of drug-likeness (QED) is 0.699. The summed E-state index contributed by atoms with van der Waals surface area (Å²) in [5, 5.41) is 2.47. The molecule has 2 amide bonds. The third-order valence-electron chi connectivity index (χ3n) is 4.77. The molecular weight excluding hydrogens is 388 g/mol. The molecule has 30 heavy (non-hydrogen) atoms. The number of hydrogen-bond acceptors (Lipinski definition) is 6. The maximum absolute atomic E-state index is 12.5. The molecule has 0 fully saturated rings. The molecule has 2 aromatic carbocycles. The van der Waals surface area contributed by atoms with Gasteiger partial charge in [-0.15, -0.1) is 0 Å². The summed E-state index contributed by atoms with van der Waals surface area (Å²) in [4.78, 5) is 38.4. The van der Waals surface area contributed by atoms with E-state index in [4.69, 9.17) is 14.2 Å². The molecule has 0 radical (unpaired) electrons. The van der Waals surface area contributed by atoms with E-state index in [2.05, 4.69) is 5.32 Å². The van der Waals surface area contributed by atoms with Crippen LogP contribution < -0.4 is 19.7 Å². The van der Waals surface area contributed by atoms with Crippen molar-refractivity contribution in [3.05, 3.63) is 53.6 Å². The maximum Gasteiger partial charge on any atom is 0.325 e. The van der Waals surface area contributed by atoms with E-state index in [1.165, 1.54) is 26.4 Å². The van der Waals surface area contributed by atoms with Gasteiger partial charge in [-0.25, -0.2) is 0 Å². The average molecular weight is 412 g/mol. The third-order valence-corrected chi connectivity index (χ3v) is 4.77. The molecule has 158 valence electrons. The van der Waals surface area contributed by atoms with Crippen molar-refractivity contribution in [3.8, 4) is 11.5 Å². The van der Waals surface area contributed by atoms with Crippen molar-refractivity contribution in [1.82, 2.24) is 5.32 Å². The minimum absolute atomic E-state index is 0.278. The first-order valence-corrected chi connectivity index (χ1v) is 9.57. The summed E-state index contributed by atoms with van der Waals surface area (Å²) in [6.07, 6.45) is 1.78. The van der Waals surface area contributed by atoms with Crippen LogP contribution in [0.4, 0.5) is 5.69 Å². The number of rotatable bonds is 7. The molecule has 0 bridgehead atoms. The van der Waals surface area contributed by atoms with Crippen LogP contribution in [-0.2, 0) is 20.7 Å². The molecule has 8 nitrogen and oxygen atoms in total. The average Bonchev–Trinajstić information content (AvgIpc) is 2.80. The Balaban J connectivity index is 1.51. The van der Waals surface area contributed by atoms with Gasteiger partial charge in [0.1, 0.15) is 18.0 Å². The first-order valence-electron chi connectivity index (χ1n) is 9.57. The fourth-order valence-electron chi connectivity index (χ4n) is 3.26. The van der Waals surface area contributed by atoms with E-state index in [0.29, 0.717) is 18.0 Å². The van der Waals surface area contributed by atoms with Gasteiger partial charge in [0.25, 0.3) is 11.8 Å². The second-order valence-corrected chi connectivity index (χ2v) is 6.72. The van der Waals surface area contributed by atoms with Crippen molar-refractivity contribution in [2.24, 2.45) is 0 Å². The minimum Gasteiger partial charge on any atom is -0.497 e. The Labute approximate surface area is 174 Å². The van der Waals surface area contributed by atoms with Gasteiger partial charge in [0, 0.05) is 23.9 Å². The number of amides is 2. The fraction of sp³-hybridized carbons (Fsp3) is 0.318. The lowest BCUT2D eigenvalue weighted by atomic mass is 10.0. The van der Waals surface area contributed by atoms with Crippen LogP contribution in [0, 0.1) is 0 Å². The van der Waals surface area contributed by atoms with Crippen LogP contribution in [0.25, 0.3) is 0 Å². The van der Waals surface area contributed by atoms with E-state index in [-0.39, 0.29) is 24.6 Å². The molecule has 0 aliphatic carbocycles. The molecule has 0 saturated heterocycles. The van der Waals surface area contributed by atoms with E-state index < -0.39 is 11.9 Å². The molecule has 0 atom stereocenters. The summed E-state index contributed by atoms with van der Waals surface area (Å²) in [5.74, 6) is -0.569. The lowest BCUT2D eigenvalue weighted by Gasteiger charge is -2.29. The highest BCUT2D eigenvalue weighted by Gasteiger charge is 2.23. The lowest BCUT2D eigenvalue weighted by molar-refractivity contribution is -0.146.